The van der Waals surface area contributed by atoms with E-state index in [1.54, 1.807) is 0 Å². The standard InChI is InChI=1S/C19H17N3O2/c23-18(16-11-15(16)13-7-3-1-4-8-13)20-12-17-21-19(24-22-17)14-9-5-2-6-10-14/h1-10,15-16H,11-12H2,(H,20,23). The molecule has 4 rings (SSSR count). The molecule has 1 saturated carbocycles. The summed E-state index contributed by atoms with van der Waals surface area (Å²) in [5.41, 5.74) is 2.09. The number of benzene rings is 2. The van der Waals surface area contributed by atoms with Crippen LogP contribution >= 0.6 is 0 Å². The first kappa shape index (κ1) is 14.6. The Balaban J connectivity index is 1.33. The largest absolute Gasteiger partial charge is 0.348 e. The molecule has 0 saturated heterocycles. The fraction of sp³-hybridized carbons (Fsp3) is 0.211. The third-order valence-electron chi connectivity index (χ3n) is 4.26. The molecule has 1 aliphatic rings. The van der Waals surface area contributed by atoms with Gasteiger partial charge in [0.1, 0.15) is 0 Å². The molecule has 2 unspecified atom stereocenters. The Morgan fingerprint density at radius 1 is 1.08 bits per heavy atom. The van der Waals surface area contributed by atoms with Gasteiger partial charge < -0.3 is 9.84 Å². The van der Waals surface area contributed by atoms with Crippen LogP contribution in [0, 0.1) is 5.92 Å². The first-order chi connectivity index (χ1) is 11.8. The van der Waals surface area contributed by atoms with Gasteiger partial charge in [0.2, 0.25) is 5.91 Å². The Morgan fingerprint density at radius 2 is 1.79 bits per heavy atom. The fourth-order valence-electron chi connectivity index (χ4n) is 2.87. The highest BCUT2D eigenvalue weighted by Gasteiger charge is 2.43. The molecule has 5 heteroatoms. The van der Waals surface area contributed by atoms with Crippen LogP contribution in [0.15, 0.2) is 65.2 Å². The van der Waals surface area contributed by atoms with Gasteiger partial charge in [-0.25, -0.2) is 0 Å². The number of nitrogens with one attached hydrogen (secondary N) is 1. The highest BCUT2D eigenvalue weighted by molar-refractivity contribution is 5.82. The fourth-order valence-corrected chi connectivity index (χ4v) is 2.87. The molecule has 5 nitrogen and oxygen atoms in total. The summed E-state index contributed by atoms with van der Waals surface area (Å²) in [4.78, 5) is 16.6. The van der Waals surface area contributed by atoms with Gasteiger partial charge in [0.25, 0.3) is 5.89 Å². The van der Waals surface area contributed by atoms with Crippen molar-refractivity contribution in [2.24, 2.45) is 5.92 Å². The quantitative estimate of drug-likeness (QED) is 0.784. The summed E-state index contributed by atoms with van der Waals surface area (Å²) in [7, 11) is 0. The number of hydrogen-bond acceptors (Lipinski definition) is 4. The van der Waals surface area contributed by atoms with E-state index in [-0.39, 0.29) is 18.4 Å². The van der Waals surface area contributed by atoms with Crippen LogP contribution in [0.4, 0.5) is 0 Å². The zero-order valence-electron chi connectivity index (χ0n) is 13.1. The summed E-state index contributed by atoms with van der Waals surface area (Å²) in [6.45, 7) is 0.285. The van der Waals surface area contributed by atoms with Gasteiger partial charge in [0.15, 0.2) is 5.82 Å². The third-order valence-corrected chi connectivity index (χ3v) is 4.26. The van der Waals surface area contributed by atoms with Crippen LogP contribution in [-0.2, 0) is 11.3 Å². The van der Waals surface area contributed by atoms with Crippen LogP contribution in [0.1, 0.15) is 23.7 Å². The van der Waals surface area contributed by atoms with E-state index in [1.165, 1.54) is 5.56 Å². The van der Waals surface area contributed by atoms with Gasteiger partial charge in [0, 0.05) is 11.5 Å². The van der Waals surface area contributed by atoms with Crippen LogP contribution in [0.3, 0.4) is 0 Å². The zero-order valence-corrected chi connectivity index (χ0v) is 13.1. The molecule has 2 atom stereocenters. The summed E-state index contributed by atoms with van der Waals surface area (Å²) in [6, 6.07) is 19.7. The lowest BCUT2D eigenvalue weighted by Gasteiger charge is -2.02. The zero-order chi connectivity index (χ0) is 16.4. The van der Waals surface area contributed by atoms with E-state index in [9.17, 15) is 4.79 Å². The van der Waals surface area contributed by atoms with E-state index in [0.717, 1.165) is 12.0 Å². The van der Waals surface area contributed by atoms with Gasteiger partial charge in [-0.15, -0.1) is 0 Å². The molecule has 0 spiro atoms. The second kappa shape index (κ2) is 6.28. The summed E-state index contributed by atoms with van der Waals surface area (Å²) in [6.07, 6.45) is 0.900. The number of amides is 1. The van der Waals surface area contributed by atoms with Crippen molar-refractivity contribution in [2.75, 3.05) is 0 Å². The van der Waals surface area contributed by atoms with Crippen LogP contribution in [-0.4, -0.2) is 16.0 Å². The van der Waals surface area contributed by atoms with Crippen molar-refractivity contribution in [3.8, 4) is 11.5 Å². The maximum absolute atomic E-state index is 12.2. The Kier molecular flexibility index (Phi) is 3.83. The van der Waals surface area contributed by atoms with Crippen molar-refractivity contribution >= 4 is 5.91 Å². The van der Waals surface area contributed by atoms with Gasteiger partial charge in [-0.05, 0) is 30.0 Å². The molecule has 0 aliphatic heterocycles. The third kappa shape index (κ3) is 3.06. The molecule has 1 N–H and O–H groups in total. The molecule has 0 radical (unpaired) electrons. The van der Waals surface area contributed by atoms with Crippen LogP contribution in [0.2, 0.25) is 0 Å². The van der Waals surface area contributed by atoms with Crippen molar-refractivity contribution in [1.82, 2.24) is 15.5 Å². The van der Waals surface area contributed by atoms with Crippen LogP contribution in [0.25, 0.3) is 11.5 Å². The average molecular weight is 319 g/mol. The van der Waals surface area contributed by atoms with Crippen molar-refractivity contribution in [3.05, 3.63) is 72.1 Å². The normalized spacial score (nSPS) is 19.0. The molecular formula is C19H17N3O2. The molecule has 2 aromatic carbocycles. The summed E-state index contributed by atoms with van der Waals surface area (Å²) in [5, 5.41) is 6.82. The Labute approximate surface area is 139 Å². The van der Waals surface area contributed by atoms with E-state index in [0.29, 0.717) is 17.6 Å². The highest BCUT2D eigenvalue weighted by Crippen LogP contribution is 2.47. The number of hydrogen-bond donors (Lipinski definition) is 1. The van der Waals surface area contributed by atoms with Gasteiger partial charge in [-0.3, -0.25) is 4.79 Å². The minimum atomic E-state index is 0.0490. The van der Waals surface area contributed by atoms with Crippen LogP contribution in [0.5, 0.6) is 0 Å². The van der Waals surface area contributed by atoms with Gasteiger partial charge >= 0.3 is 0 Å². The maximum Gasteiger partial charge on any atom is 0.257 e. The minimum Gasteiger partial charge on any atom is -0.348 e. The summed E-state index contributed by atoms with van der Waals surface area (Å²) in [5.74, 6) is 1.38. The monoisotopic (exact) mass is 319 g/mol. The van der Waals surface area contributed by atoms with Crippen molar-refractivity contribution in [3.63, 3.8) is 0 Å². The number of carbonyl (C=O) groups excluding carboxylic acids is 1. The smallest absolute Gasteiger partial charge is 0.257 e. The van der Waals surface area contributed by atoms with Crippen molar-refractivity contribution in [1.29, 1.82) is 0 Å². The average Bonchev–Trinajstić information content (AvgIpc) is 3.31. The molecule has 1 fully saturated rings. The predicted octanol–water partition coefficient (Wildman–Crippen LogP) is 3.16. The van der Waals surface area contributed by atoms with Crippen molar-refractivity contribution in [2.45, 2.75) is 18.9 Å². The molecule has 1 aromatic heterocycles. The molecule has 120 valence electrons. The highest BCUT2D eigenvalue weighted by atomic mass is 16.5. The van der Waals surface area contributed by atoms with Crippen LogP contribution < -0.4 is 5.32 Å². The number of rotatable bonds is 5. The molecule has 1 heterocycles. The summed E-state index contributed by atoms with van der Waals surface area (Å²) >= 11 is 0. The number of aromatic nitrogens is 2. The lowest BCUT2D eigenvalue weighted by atomic mass is 10.1. The van der Waals surface area contributed by atoms with E-state index in [2.05, 4.69) is 27.6 Å². The van der Waals surface area contributed by atoms with Gasteiger partial charge in [-0.1, -0.05) is 53.7 Å². The predicted molar refractivity (Wildman–Crippen MR) is 88.9 cm³/mol. The van der Waals surface area contributed by atoms with E-state index < -0.39 is 0 Å². The maximum atomic E-state index is 12.2. The molecule has 24 heavy (non-hydrogen) atoms. The van der Waals surface area contributed by atoms with E-state index in [4.69, 9.17) is 4.52 Å². The van der Waals surface area contributed by atoms with Gasteiger partial charge in [0.05, 0.1) is 6.54 Å². The second-order valence-electron chi connectivity index (χ2n) is 5.96. The lowest BCUT2D eigenvalue weighted by molar-refractivity contribution is -0.122. The first-order valence-electron chi connectivity index (χ1n) is 8.02. The molecule has 0 bridgehead atoms. The molecular weight excluding hydrogens is 302 g/mol. The minimum absolute atomic E-state index is 0.0490. The van der Waals surface area contributed by atoms with Gasteiger partial charge in [-0.2, -0.15) is 4.98 Å². The second-order valence-corrected chi connectivity index (χ2v) is 5.96. The number of nitrogens with zero attached hydrogens (tertiary/aromatic N) is 2. The van der Waals surface area contributed by atoms with E-state index >= 15 is 0 Å². The topological polar surface area (TPSA) is 68.0 Å². The van der Waals surface area contributed by atoms with Crippen molar-refractivity contribution < 1.29 is 9.32 Å². The Bertz CT molecular complexity index is 830. The molecule has 3 aromatic rings. The Morgan fingerprint density at radius 3 is 2.54 bits per heavy atom. The van der Waals surface area contributed by atoms with E-state index in [1.807, 2.05) is 48.5 Å². The molecule has 1 aliphatic carbocycles. The lowest BCUT2D eigenvalue weighted by Crippen LogP contribution is -2.25. The summed E-state index contributed by atoms with van der Waals surface area (Å²) < 4.78 is 5.24. The Hall–Kier alpha value is -2.95. The first-order valence-corrected chi connectivity index (χ1v) is 8.02. The SMILES string of the molecule is O=C(NCc1noc(-c2ccccc2)n1)C1CC1c1ccccc1. The number of carbonyl (C=O) groups is 1. The molecule has 1 amide bonds.